The Hall–Kier alpha value is -2.22. The van der Waals surface area contributed by atoms with Crippen LogP contribution in [0.25, 0.3) is 0 Å². The third-order valence-corrected chi connectivity index (χ3v) is 4.25. The number of aryl methyl sites for hydroxylation is 1. The molecule has 23 heavy (non-hydrogen) atoms. The summed E-state index contributed by atoms with van der Waals surface area (Å²) in [7, 11) is 0. The Kier molecular flexibility index (Phi) is 5.36. The molecule has 0 radical (unpaired) electrons. The van der Waals surface area contributed by atoms with Crippen molar-refractivity contribution in [2.45, 2.75) is 25.8 Å². The number of rotatable bonds is 7. The third-order valence-electron chi connectivity index (χ3n) is 4.25. The number of amides is 1. The molecule has 1 aliphatic heterocycles. The van der Waals surface area contributed by atoms with Crippen molar-refractivity contribution in [1.29, 1.82) is 0 Å². The number of carbonyl (C=O) groups is 1. The molecular weight excluding hydrogens is 294 g/mol. The van der Waals surface area contributed by atoms with Gasteiger partial charge in [0.15, 0.2) is 0 Å². The molecular formula is C15H23N7O. The lowest BCUT2D eigenvalue weighted by atomic mass is 10.1. The zero-order valence-corrected chi connectivity index (χ0v) is 13.3. The van der Waals surface area contributed by atoms with Crippen LogP contribution in [0.1, 0.15) is 18.4 Å². The van der Waals surface area contributed by atoms with Crippen molar-refractivity contribution in [2.75, 3.05) is 32.7 Å². The van der Waals surface area contributed by atoms with Gasteiger partial charge in [-0.05, 0) is 18.4 Å². The van der Waals surface area contributed by atoms with Crippen LogP contribution in [0.4, 0.5) is 0 Å². The van der Waals surface area contributed by atoms with E-state index in [4.69, 9.17) is 0 Å². The highest BCUT2D eigenvalue weighted by Crippen LogP contribution is 2.08. The molecule has 0 spiro atoms. The molecule has 1 saturated heterocycles. The minimum Gasteiger partial charge on any atom is -0.340 e. The van der Waals surface area contributed by atoms with E-state index in [1.165, 1.54) is 0 Å². The topological polar surface area (TPSA) is 82.9 Å². The minimum atomic E-state index is 0.268. The first-order valence-corrected chi connectivity index (χ1v) is 8.11. The maximum atomic E-state index is 12.2. The van der Waals surface area contributed by atoms with Gasteiger partial charge in [-0.15, -0.1) is 0 Å². The number of hydrogen-bond acceptors (Lipinski definition) is 5. The summed E-state index contributed by atoms with van der Waals surface area (Å²) in [5.74, 6) is 0.268. The summed E-state index contributed by atoms with van der Waals surface area (Å²) >= 11 is 0. The van der Waals surface area contributed by atoms with Crippen molar-refractivity contribution in [2.24, 2.45) is 0 Å². The maximum Gasteiger partial charge on any atom is 0.222 e. The lowest BCUT2D eigenvalue weighted by Gasteiger charge is -2.34. The van der Waals surface area contributed by atoms with Gasteiger partial charge < -0.3 is 4.90 Å². The van der Waals surface area contributed by atoms with Gasteiger partial charge in [0.1, 0.15) is 12.7 Å². The van der Waals surface area contributed by atoms with E-state index in [1.807, 2.05) is 22.0 Å². The largest absolute Gasteiger partial charge is 0.340 e. The SMILES string of the molecule is O=C(CCCc1cn[nH]c1)N1CCN(CCn2cncn2)CC1. The van der Waals surface area contributed by atoms with Crippen LogP contribution in [-0.4, -0.2) is 73.4 Å². The molecule has 0 aliphatic carbocycles. The normalized spacial score (nSPS) is 15.9. The molecule has 8 nitrogen and oxygen atoms in total. The summed E-state index contributed by atoms with van der Waals surface area (Å²) in [5, 5.41) is 10.8. The van der Waals surface area contributed by atoms with E-state index >= 15 is 0 Å². The van der Waals surface area contributed by atoms with Gasteiger partial charge in [0.2, 0.25) is 5.91 Å². The van der Waals surface area contributed by atoms with Crippen molar-refractivity contribution >= 4 is 5.91 Å². The number of aromatic amines is 1. The number of carbonyl (C=O) groups excluding carboxylic acids is 1. The van der Waals surface area contributed by atoms with Gasteiger partial charge in [0.25, 0.3) is 0 Å². The summed E-state index contributed by atoms with van der Waals surface area (Å²) in [6, 6.07) is 0. The number of H-pyrrole nitrogens is 1. The van der Waals surface area contributed by atoms with Crippen LogP contribution in [0.5, 0.6) is 0 Å². The minimum absolute atomic E-state index is 0.268. The molecule has 3 heterocycles. The molecule has 1 aliphatic rings. The van der Waals surface area contributed by atoms with Crippen molar-refractivity contribution < 1.29 is 4.79 Å². The van der Waals surface area contributed by atoms with Crippen LogP contribution >= 0.6 is 0 Å². The van der Waals surface area contributed by atoms with Gasteiger partial charge in [0, 0.05) is 45.3 Å². The fraction of sp³-hybridized carbons (Fsp3) is 0.600. The molecule has 2 aromatic rings. The Balaban J connectivity index is 1.32. The van der Waals surface area contributed by atoms with Crippen LogP contribution in [0.15, 0.2) is 25.0 Å². The second-order valence-corrected chi connectivity index (χ2v) is 5.84. The second kappa shape index (κ2) is 7.87. The second-order valence-electron chi connectivity index (χ2n) is 5.84. The number of aromatic nitrogens is 5. The van der Waals surface area contributed by atoms with Crippen molar-refractivity contribution in [3.05, 3.63) is 30.6 Å². The summed E-state index contributed by atoms with van der Waals surface area (Å²) < 4.78 is 1.84. The molecule has 3 rings (SSSR count). The van der Waals surface area contributed by atoms with Crippen LogP contribution in [0.2, 0.25) is 0 Å². The average Bonchev–Trinajstić information content (AvgIpc) is 3.27. The summed E-state index contributed by atoms with van der Waals surface area (Å²) in [6.07, 6.45) is 9.39. The summed E-state index contributed by atoms with van der Waals surface area (Å²) in [5.41, 5.74) is 1.16. The van der Waals surface area contributed by atoms with E-state index in [-0.39, 0.29) is 5.91 Å². The predicted octanol–water partition coefficient (Wildman–Crippen LogP) is 0.168. The molecule has 0 aromatic carbocycles. The Morgan fingerprint density at radius 3 is 2.78 bits per heavy atom. The zero-order valence-electron chi connectivity index (χ0n) is 13.3. The average molecular weight is 317 g/mol. The third kappa shape index (κ3) is 4.62. The highest BCUT2D eigenvalue weighted by Gasteiger charge is 2.20. The van der Waals surface area contributed by atoms with Crippen LogP contribution in [0.3, 0.4) is 0 Å². The monoisotopic (exact) mass is 317 g/mol. The van der Waals surface area contributed by atoms with E-state index in [2.05, 4.69) is 25.2 Å². The van der Waals surface area contributed by atoms with Gasteiger partial charge in [-0.2, -0.15) is 10.2 Å². The Bertz CT molecular complexity index is 573. The fourth-order valence-corrected chi connectivity index (χ4v) is 2.83. The molecule has 1 fully saturated rings. The molecule has 0 atom stereocenters. The number of nitrogens with one attached hydrogen (secondary N) is 1. The molecule has 1 amide bonds. The van der Waals surface area contributed by atoms with E-state index in [0.717, 1.165) is 57.7 Å². The lowest BCUT2D eigenvalue weighted by molar-refractivity contribution is -0.133. The molecule has 0 saturated carbocycles. The van der Waals surface area contributed by atoms with Gasteiger partial charge in [-0.25, -0.2) is 4.98 Å². The molecule has 124 valence electrons. The van der Waals surface area contributed by atoms with Crippen LogP contribution in [0, 0.1) is 0 Å². The van der Waals surface area contributed by atoms with Gasteiger partial charge in [-0.3, -0.25) is 19.5 Å². The number of nitrogens with zero attached hydrogens (tertiary/aromatic N) is 6. The Morgan fingerprint density at radius 1 is 1.22 bits per heavy atom. The number of hydrogen-bond donors (Lipinski definition) is 1. The van der Waals surface area contributed by atoms with E-state index in [0.29, 0.717) is 6.42 Å². The number of piperazine rings is 1. The highest BCUT2D eigenvalue weighted by molar-refractivity contribution is 5.76. The van der Waals surface area contributed by atoms with E-state index in [1.54, 1.807) is 12.7 Å². The first-order valence-electron chi connectivity index (χ1n) is 8.11. The van der Waals surface area contributed by atoms with E-state index < -0.39 is 0 Å². The van der Waals surface area contributed by atoms with Gasteiger partial charge >= 0.3 is 0 Å². The van der Waals surface area contributed by atoms with Crippen LogP contribution < -0.4 is 0 Å². The standard InChI is InChI=1S/C15H23N7O/c23-15(3-1-2-14-10-17-18-11-14)21-7-4-20(5-8-21)6-9-22-13-16-12-19-22/h10-13H,1-9H2,(H,17,18). The summed E-state index contributed by atoms with van der Waals surface area (Å²) in [4.78, 5) is 20.5. The maximum absolute atomic E-state index is 12.2. The smallest absolute Gasteiger partial charge is 0.222 e. The predicted molar refractivity (Wildman–Crippen MR) is 84.6 cm³/mol. The molecule has 0 unspecified atom stereocenters. The van der Waals surface area contributed by atoms with Crippen molar-refractivity contribution in [3.63, 3.8) is 0 Å². The first kappa shape index (κ1) is 15.7. The highest BCUT2D eigenvalue weighted by atomic mass is 16.2. The van der Waals surface area contributed by atoms with Gasteiger partial charge in [-0.1, -0.05) is 0 Å². The van der Waals surface area contributed by atoms with Crippen molar-refractivity contribution in [3.8, 4) is 0 Å². The van der Waals surface area contributed by atoms with Crippen molar-refractivity contribution in [1.82, 2.24) is 34.8 Å². The van der Waals surface area contributed by atoms with Crippen LogP contribution in [-0.2, 0) is 17.8 Å². The molecule has 0 bridgehead atoms. The molecule has 1 N–H and O–H groups in total. The first-order chi connectivity index (χ1) is 11.3. The molecule has 8 heteroatoms. The zero-order chi connectivity index (χ0) is 15.9. The Morgan fingerprint density at radius 2 is 2.09 bits per heavy atom. The summed E-state index contributed by atoms with van der Waals surface area (Å²) in [6.45, 7) is 5.30. The lowest BCUT2D eigenvalue weighted by Crippen LogP contribution is -2.49. The Labute approximate surface area is 135 Å². The quantitative estimate of drug-likeness (QED) is 0.787. The van der Waals surface area contributed by atoms with E-state index in [9.17, 15) is 4.79 Å². The van der Waals surface area contributed by atoms with Gasteiger partial charge in [0.05, 0.1) is 12.7 Å². The molecule has 2 aromatic heterocycles. The fourth-order valence-electron chi connectivity index (χ4n) is 2.83.